The molecule has 0 saturated carbocycles. The quantitative estimate of drug-likeness (QED) is 0.470. The average Bonchev–Trinajstić information content (AvgIpc) is 3.32. The molecule has 0 aliphatic carbocycles. The van der Waals surface area contributed by atoms with Crippen molar-refractivity contribution >= 4 is 12.0 Å². The Kier molecular flexibility index (Phi) is 6.72. The van der Waals surface area contributed by atoms with Gasteiger partial charge < -0.3 is 20.1 Å². The minimum atomic E-state index is 0.292. The van der Waals surface area contributed by atoms with E-state index >= 15 is 0 Å². The first-order valence-electron chi connectivity index (χ1n) is 10.8. The van der Waals surface area contributed by atoms with Gasteiger partial charge in [-0.15, -0.1) is 0 Å². The van der Waals surface area contributed by atoms with Gasteiger partial charge in [-0.2, -0.15) is 0 Å². The fourth-order valence-electron chi connectivity index (χ4n) is 3.77. The zero-order valence-corrected chi connectivity index (χ0v) is 17.9. The maximum absolute atomic E-state index is 6.40. The monoisotopic (exact) mass is 415 g/mol. The summed E-state index contributed by atoms with van der Waals surface area (Å²) in [7, 11) is 0. The summed E-state index contributed by atoms with van der Waals surface area (Å²) < 4.78 is 12.5. The van der Waals surface area contributed by atoms with Gasteiger partial charge in [-0.3, -0.25) is 4.99 Å². The van der Waals surface area contributed by atoms with Gasteiger partial charge in [-0.25, -0.2) is 0 Å². The second-order valence-corrected chi connectivity index (χ2v) is 7.74. The van der Waals surface area contributed by atoms with Crippen LogP contribution in [-0.2, 0) is 6.61 Å². The number of hydrogen-bond donors (Lipinski definition) is 1. The third-order valence-electron chi connectivity index (χ3n) is 5.49. The molecule has 1 aliphatic heterocycles. The highest BCUT2D eigenvalue weighted by Crippen LogP contribution is 2.38. The molecular formula is C26H29N3O2. The zero-order valence-electron chi connectivity index (χ0n) is 17.9. The van der Waals surface area contributed by atoms with E-state index in [0.717, 1.165) is 48.6 Å². The number of aliphatic imine (C=N–C) groups is 1. The molecule has 0 bridgehead atoms. The molecule has 3 aromatic carbocycles. The highest BCUT2D eigenvalue weighted by Gasteiger charge is 2.20. The molecular weight excluding hydrogens is 386 g/mol. The molecule has 1 heterocycles. The van der Waals surface area contributed by atoms with E-state index in [9.17, 15) is 0 Å². The maximum atomic E-state index is 6.40. The van der Waals surface area contributed by atoms with Crippen LogP contribution in [0.25, 0.3) is 0 Å². The largest absolute Gasteiger partial charge is 0.485 e. The van der Waals surface area contributed by atoms with Crippen LogP contribution in [0.15, 0.2) is 77.8 Å². The molecule has 5 heteroatoms. The highest BCUT2D eigenvalue weighted by molar-refractivity contribution is 5.58. The Bertz CT molecular complexity index is 1020. The second kappa shape index (κ2) is 10.0. The molecule has 0 amide bonds. The van der Waals surface area contributed by atoms with Crippen LogP contribution in [0.2, 0.25) is 0 Å². The fraction of sp³-hybridized carbons (Fsp3) is 0.269. The van der Waals surface area contributed by atoms with Crippen LogP contribution in [0.4, 0.5) is 5.69 Å². The molecule has 5 nitrogen and oxygen atoms in total. The summed E-state index contributed by atoms with van der Waals surface area (Å²) in [6.07, 6.45) is 2.93. The van der Waals surface area contributed by atoms with E-state index in [4.69, 9.17) is 15.2 Å². The number of rotatable bonds is 9. The summed E-state index contributed by atoms with van der Waals surface area (Å²) in [5.74, 6) is 2.52. The lowest BCUT2D eigenvalue weighted by Gasteiger charge is -2.24. The molecule has 0 spiro atoms. The van der Waals surface area contributed by atoms with Gasteiger partial charge in [0.1, 0.15) is 12.4 Å². The Morgan fingerprint density at radius 1 is 0.968 bits per heavy atom. The maximum Gasteiger partial charge on any atom is 0.169 e. The number of nitrogens with zero attached hydrogens (tertiary/aromatic N) is 2. The van der Waals surface area contributed by atoms with E-state index in [1.165, 1.54) is 0 Å². The molecule has 0 saturated heterocycles. The molecule has 1 unspecified atom stereocenters. The smallest absolute Gasteiger partial charge is 0.169 e. The minimum absolute atomic E-state index is 0.292. The van der Waals surface area contributed by atoms with Crippen LogP contribution in [0.3, 0.4) is 0 Å². The molecule has 160 valence electrons. The minimum Gasteiger partial charge on any atom is -0.485 e. The normalized spacial score (nSPS) is 13.9. The number of anilines is 1. The zero-order chi connectivity index (χ0) is 21.5. The average molecular weight is 416 g/mol. The van der Waals surface area contributed by atoms with Gasteiger partial charge in [0.15, 0.2) is 11.5 Å². The topological polar surface area (TPSA) is 60.1 Å². The van der Waals surface area contributed by atoms with Crippen molar-refractivity contribution in [3.05, 3.63) is 83.9 Å². The third kappa shape index (κ3) is 5.37. The number of hydrogen-bond acceptors (Lipinski definition) is 5. The van der Waals surface area contributed by atoms with Gasteiger partial charge in [-0.05, 0) is 42.3 Å². The first kappa shape index (κ1) is 20.8. The van der Waals surface area contributed by atoms with Crippen LogP contribution in [0.5, 0.6) is 17.2 Å². The number of ether oxygens (including phenoxy) is 2. The van der Waals surface area contributed by atoms with Gasteiger partial charge in [0, 0.05) is 30.3 Å². The van der Waals surface area contributed by atoms with E-state index in [1.807, 2.05) is 67.0 Å². The predicted octanol–water partition coefficient (Wildman–Crippen LogP) is 5.48. The standard InChI is InChI=1S/C26H29N3O2/c1-2-21(17-29-15-14-28-19-29)23-16-22(27)12-13-24(23)31-26-11-7-6-10-25(26)30-18-20-8-4-3-5-9-20/h3-13,16,19,21H,2,14-15,17-18,27H2,1H3. The van der Waals surface area contributed by atoms with Crippen molar-refractivity contribution in [1.82, 2.24) is 4.90 Å². The Hall–Kier alpha value is -3.47. The first-order chi connectivity index (χ1) is 15.2. The molecule has 4 rings (SSSR count). The van der Waals surface area contributed by atoms with Crippen molar-refractivity contribution in [3.8, 4) is 17.2 Å². The predicted molar refractivity (Wildman–Crippen MR) is 126 cm³/mol. The van der Waals surface area contributed by atoms with Crippen LogP contribution >= 0.6 is 0 Å². The Morgan fingerprint density at radius 3 is 2.48 bits per heavy atom. The number of nitrogen functional groups attached to an aromatic ring is 1. The molecule has 1 atom stereocenters. The fourth-order valence-corrected chi connectivity index (χ4v) is 3.77. The number of benzene rings is 3. The molecule has 0 fully saturated rings. The Labute approximate surface area is 184 Å². The molecule has 2 N–H and O–H groups in total. The van der Waals surface area contributed by atoms with Gasteiger partial charge in [0.2, 0.25) is 0 Å². The SMILES string of the molecule is CCC(CN1C=NCC1)c1cc(N)ccc1Oc1ccccc1OCc1ccccc1. The van der Waals surface area contributed by atoms with Gasteiger partial charge in [0.05, 0.1) is 12.9 Å². The van der Waals surface area contributed by atoms with Crippen molar-refractivity contribution in [2.45, 2.75) is 25.9 Å². The van der Waals surface area contributed by atoms with Gasteiger partial charge in [0.25, 0.3) is 0 Å². The third-order valence-corrected chi connectivity index (χ3v) is 5.49. The molecule has 31 heavy (non-hydrogen) atoms. The van der Waals surface area contributed by atoms with E-state index in [1.54, 1.807) is 0 Å². The molecule has 1 aliphatic rings. The van der Waals surface area contributed by atoms with Crippen LogP contribution in [-0.4, -0.2) is 30.9 Å². The van der Waals surface area contributed by atoms with Crippen molar-refractivity contribution in [1.29, 1.82) is 0 Å². The number of para-hydroxylation sites is 2. The van der Waals surface area contributed by atoms with Gasteiger partial charge in [-0.1, -0.05) is 49.4 Å². The van der Waals surface area contributed by atoms with Crippen LogP contribution in [0, 0.1) is 0 Å². The first-order valence-corrected chi connectivity index (χ1v) is 10.8. The number of nitrogens with two attached hydrogens (primary N) is 1. The molecule has 0 aromatic heterocycles. The van der Waals surface area contributed by atoms with Crippen molar-refractivity contribution in [3.63, 3.8) is 0 Å². The summed E-state index contributed by atoms with van der Waals surface area (Å²) in [6.45, 7) is 5.41. The lowest BCUT2D eigenvalue weighted by Crippen LogP contribution is -2.25. The molecule has 0 radical (unpaired) electrons. The van der Waals surface area contributed by atoms with Crippen molar-refractivity contribution in [2.24, 2.45) is 4.99 Å². The summed E-state index contributed by atoms with van der Waals surface area (Å²) in [5.41, 5.74) is 9.11. The Balaban J connectivity index is 1.56. The van der Waals surface area contributed by atoms with E-state index in [0.29, 0.717) is 24.0 Å². The van der Waals surface area contributed by atoms with Crippen molar-refractivity contribution in [2.75, 3.05) is 25.4 Å². The van der Waals surface area contributed by atoms with E-state index in [2.05, 4.69) is 28.9 Å². The summed E-state index contributed by atoms with van der Waals surface area (Å²) >= 11 is 0. The molecule has 3 aromatic rings. The highest BCUT2D eigenvalue weighted by atomic mass is 16.5. The van der Waals surface area contributed by atoms with Gasteiger partial charge >= 0.3 is 0 Å². The van der Waals surface area contributed by atoms with E-state index < -0.39 is 0 Å². The van der Waals surface area contributed by atoms with Crippen LogP contribution in [0.1, 0.15) is 30.4 Å². The summed E-state index contributed by atoms with van der Waals surface area (Å²) in [5, 5.41) is 0. The van der Waals surface area contributed by atoms with Crippen LogP contribution < -0.4 is 15.2 Å². The lowest BCUT2D eigenvalue weighted by molar-refractivity contribution is 0.291. The lowest BCUT2D eigenvalue weighted by atomic mass is 9.94. The Morgan fingerprint density at radius 2 is 1.74 bits per heavy atom. The summed E-state index contributed by atoms with van der Waals surface area (Å²) in [6, 6.07) is 23.8. The van der Waals surface area contributed by atoms with E-state index in [-0.39, 0.29) is 0 Å². The summed E-state index contributed by atoms with van der Waals surface area (Å²) in [4.78, 5) is 6.60. The second-order valence-electron chi connectivity index (χ2n) is 7.74. The van der Waals surface area contributed by atoms with Crippen molar-refractivity contribution < 1.29 is 9.47 Å².